The summed E-state index contributed by atoms with van der Waals surface area (Å²) in [7, 11) is 1.24. The minimum absolute atomic E-state index is 0.0507. The first-order chi connectivity index (χ1) is 6.60. The smallest absolute Gasteiger partial charge is 0.313 e. The van der Waals surface area contributed by atoms with Crippen molar-refractivity contribution in [1.82, 2.24) is 0 Å². The lowest BCUT2D eigenvalue weighted by Gasteiger charge is -2.07. The zero-order valence-corrected chi connectivity index (χ0v) is 8.78. The molecule has 0 saturated heterocycles. The fraction of sp³-hybridized carbons (Fsp3) is 0.800. The van der Waals surface area contributed by atoms with Gasteiger partial charge in [-0.2, -0.15) is 0 Å². The molecule has 0 aliphatic rings. The Morgan fingerprint density at radius 1 is 1.43 bits per heavy atom. The number of rotatable bonds is 7. The van der Waals surface area contributed by atoms with Crippen molar-refractivity contribution in [3.63, 3.8) is 0 Å². The van der Waals surface area contributed by atoms with Gasteiger partial charge >= 0.3 is 5.97 Å². The summed E-state index contributed by atoms with van der Waals surface area (Å²) in [6.45, 7) is 2.02. The van der Waals surface area contributed by atoms with E-state index < -0.39 is 12.1 Å². The fourth-order valence-electron chi connectivity index (χ4n) is 1.11. The molecule has 0 heterocycles. The first-order valence-corrected chi connectivity index (χ1v) is 4.86. The Kier molecular flexibility index (Phi) is 7.02. The van der Waals surface area contributed by atoms with Crippen molar-refractivity contribution >= 4 is 11.8 Å². The van der Waals surface area contributed by atoms with E-state index in [2.05, 4.69) is 4.74 Å². The third-order valence-electron chi connectivity index (χ3n) is 1.92. The van der Waals surface area contributed by atoms with Crippen molar-refractivity contribution in [3.05, 3.63) is 0 Å². The lowest BCUT2D eigenvalue weighted by Crippen LogP contribution is -2.16. The van der Waals surface area contributed by atoms with Gasteiger partial charge in [0, 0.05) is 6.42 Å². The van der Waals surface area contributed by atoms with Crippen LogP contribution in [0.2, 0.25) is 0 Å². The van der Waals surface area contributed by atoms with Crippen molar-refractivity contribution < 1.29 is 19.4 Å². The maximum atomic E-state index is 11.1. The van der Waals surface area contributed by atoms with Gasteiger partial charge in [0.2, 0.25) is 0 Å². The summed E-state index contributed by atoms with van der Waals surface area (Å²) in [6.07, 6.45) is 1.69. The molecule has 0 aromatic heterocycles. The molecule has 82 valence electrons. The lowest BCUT2D eigenvalue weighted by molar-refractivity contribution is -0.143. The van der Waals surface area contributed by atoms with Gasteiger partial charge in [-0.1, -0.05) is 19.8 Å². The van der Waals surface area contributed by atoms with Crippen LogP contribution in [0, 0.1) is 0 Å². The highest BCUT2D eigenvalue weighted by molar-refractivity contribution is 5.95. The highest BCUT2D eigenvalue weighted by Crippen LogP contribution is 2.06. The average molecular weight is 202 g/mol. The molecule has 0 radical (unpaired) electrons. The number of carbonyl (C=O) groups excluding carboxylic acids is 2. The Morgan fingerprint density at radius 2 is 2.07 bits per heavy atom. The number of ether oxygens (including phenoxy) is 1. The van der Waals surface area contributed by atoms with Gasteiger partial charge in [-0.25, -0.2) is 0 Å². The fourth-order valence-corrected chi connectivity index (χ4v) is 1.11. The van der Waals surface area contributed by atoms with E-state index in [1.807, 2.05) is 6.92 Å². The number of carbonyl (C=O) groups is 2. The van der Waals surface area contributed by atoms with Crippen LogP contribution in [-0.4, -0.2) is 30.1 Å². The van der Waals surface area contributed by atoms with Crippen LogP contribution < -0.4 is 0 Å². The SMILES string of the molecule is CCCCC(O)CC(=O)CC(=O)OC. The van der Waals surface area contributed by atoms with Crippen molar-refractivity contribution in [2.24, 2.45) is 0 Å². The number of unbranched alkanes of at least 4 members (excludes halogenated alkanes) is 1. The predicted molar refractivity (Wildman–Crippen MR) is 51.8 cm³/mol. The van der Waals surface area contributed by atoms with Crippen molar-refractivity contribution in [1.29, 1.82) is 0 Å². The van der Waals surface area contributed by atoms with Gasteiger partial charge in [0.15, 0.2) is 0 Å². The predicted octanol–water partition coefficient (Wildman–Crippen LogP) is 1.06. The number of hydrogen-bond acceptors (Lipinski definition) is 4. The number of ketones is 1. The van der Waals surface area contributed by atoms with E-state index in [0.717, 1.165) is 12.8 Å². The first kappa shape index (κ1) is 13.1. The summed E-state index contributed by atoms with van der Waals surface area (Å²) in [5.41, 5.74) is 0. The molecule has 0 aliphatic heterocycles. The second kappa shape index (κ2) is 7.50. The molecule has 0 aromatic rings. The Labute approximate surface area is 84.3 Å². The zero-order chi connectivity index (χ0) is 11.0. The highest BCUT2D eigenvalue weighted by atomic mass is 16.5. The van der Waals surface area contributed by atoms with Crippen molar-refractivity contribution in [2.75, 3.05) is 7.11 Å². The topological polar surface area (TPSA) is 63.6 Å². The normalized spacial score (nSPS) is 12.2. The van der Waals surface area contributed by atoms with Crippen LogP contribution in [0.5, 0.6) is 0 Å². The molecule has 0 aliphatic carbocycles. The summed E-state index contributed by atoms with van der Waals surface area (Å²) < 4.78 is 4.34. The molecule has 0 saturated carbocycles. The van der Waals surface area contributed by atoms with E-state index in [1.54, 1.807) is 0 Å². The zero-order valence-electron chi connectivity index (χ0n) is 8.78. The summed E-state index contributed by atoms with van der Waals surface area (Å²) in [6, 6.07) is 0. The molecule has 0 bridgehead atoms. The van der Waals surface area contributed by atoms with Crippen LogP contribution in [0.3, 0.4) is 0 Å². The molecule has 0 fully saturated rings. The summed E-state index contributed by atoms with van der Waals surface area (Å²) >= 11 is 0. The maximum Gasteiger partial charge on any atom is 0.313 e. The molecule has 0 aromatic carbocycles. The van der Waals surface area contributed by atoms with Crippen LogP contribution in [0.4, 0.5) is 0 Å². The monoisotopic (exact) mass is 202 g/mol. The third kappa shape index (κ3) is 6.60. The second-order valence-electron chi connectivity index (χ2n) is 3.29. The van der Waals surface area contributed by atoms with Gasteiger partial charge in [0.1, 0.15) is 12.2 Å². The van der Waals surface area contributed by atoms with Crippen LogP contribution in [0.1, 0.15) is 39.0 Å². The third-order valence-corrected chi connectivity index (χ3v) is 1.92. The summed E-state index contributed by atoms with van der Waals surface area (Å²) in [5, 5.41) is 9.36. The molecule has 1 N–H and O–H groups in total. The Morgan fingerprint density at radius 3 is 2.57 bits per heavy atom. The quantitative estimate of drug-likeness (QED) is 0.495. The van der Waals surface area contributed by atoms with E-state index in [-0.39, 0.29) is 18.6 Å². The van der Waals surface area contributed by atoms with E-state index >= 15 is 0 Å². The number of esters is 1. The van der Waals surface area contributed by atoms with Crippen molar-refractivity contribution in [3.8, 4) is 0 Å². The van der Waals surface area contributed by atoms with Crippen molar-refractivity contribution in [2.45, 2.75) is 45.1 Å². The molecule has 14 heavy (non-hydrogen) atoms. The van der Waals surface area contributed by atoms with E-state index in [0.29, 0.717) is 6.42 Å². The van der Waals surface area contributed by atoms with Crippen LogP contribution in [0.15, 0.2) is 0 Å². The molecule has 4 nitrogen and oxygen atoms in total. The van der Waals surface area contributed by atoms with Gasteiger partial charge < -0.3 is 9.84 Å². The Bertz CT molecular complexity index is 189. The number of aliphatic hydroxyl groups is 1. The Hall–Kier alpha value is -0.900. The first-order valence-electron chi connectivity index (χ1n) is 4.86. The van der Waals surface area contributed by atoms with E-state index in [4.69, 9.17) is 0 Å². The molecule has 0 rings (SSSR count). The molecule has 1 atom stereocenters. The molecular formula is C10H18O4. The molecule has 0 spiro atoms. The highest BCUT2D eigenvalue weighted by Gasteiger charge is 2.14. The second-order valence-corrected chi connectivity index (χ2v) is 3.29. The van der Waals surface area contributed by atoms with Crippen LogP contribution >= 0.6 is 0 Å². The largest absolute Gasteiger partial charge is 0.469 e. The minimum Gasteiger partial charge on any atom is -0.469 e. The van der Waals surface area contributed by atoms with Crippen LogP contribution in [0.25, 0.3) is 0 Å². The molecule has 1 unspecified atom stereocenters. The lowest BCUT2D eigenvalue weighted by atomic mass is 10.1. The number of methoxy groups -OCH3 is 1. The number of aliphatic hydroxyl groups excluding tert-OH is 1. The van der Waals surface area contributed by atoms with E-state index in [9.17, 15) is 14.7 Å². The van der Waals surface area contributed by atoms with Gasteiger partial charge in [0.25, 0.3) is 0 Å². The summed E-state index contributed by atoms with van der Waals surface area (Å²) in [5.74, 6) is -0.807. The molecule has 4 heteroatoms. The van der Waals surface area contributed by atoms with E-state index in [1.165, 1.54) is 7.11 Å². The number of hydrogen-bond donors (Lipinski definition) is 1. The molecule has 0 amide bonds. The van der Waals surface area contributed by atoms with Gasteiger partial charge in [-0.3, -0.25) is 9.59 Å². The maximum absolute atomic E-state index is 11.1. The van der Waals surface area contributed by atoms with Gasteiger partial charge in [-0.15, -0.1) is 0 Å². The number of Topliss-reactive ketones (excluding diaryl/α,β-unsaturated/α-hetero) is 1. The minimum atomic E-state index is -0.618. The molecular weight excluding hydrogens is 184 g/mol. The average Bonchev–Trinajstić information content (AvgIpc) is 2.14. The van der Waals surface area contributed by atoms with Gasteiger partial charge in [-0.05, 0) is 6.42 Å². The Balaban J connectivity index is 3.65. The standard InChI is InChI=1S/C10H18O4/c1-3-4-5-8(11)6-9(12)7-10(13)14-2/h8,11H,3-7H2,1-2H3. The van der Waals surface area contributed by atoms with Gasteiger partial charge in [0.05, 0.1) is 13.2 Å². The van der Waals surface area contributed by atoms with Crippen LogP contribution in [-0.2, 0) is 14.3 Å². The summed E-state index contributed by atoms with van der Waals surface area (Å²) in [4.78, 5) is 21.8.